The summed E-state index contributed by atoms with van der Waals surface area (Å²) in [6, 6.07) is 6.06. The molecule has 0 amide bonds. The van der Waals surface area contributed by atoms with Crippen LogP contribution in [0.25, 0.3) is 5.70 Å². The first-order valence-corrected chi connectivity index (χ1v) is 5.43. The Hall–Kier alpha value is -0.960. The number of carbonyl (C=O) groups excluding carboxylic acids is 1. The fourth-order valence-corrected chi connectivity index (χ4v) is 2.01. The average molecular weight is 282 g/mol. The quantitative estimate of drug-likeness (QED) is 0.651. The Kier molecular flexibility index (Phi) is 4.87. The predicted molar refractivity (Wildman–Crippen MR) is 58.9 cm³/mol. The van der Waals surface area contributed by atoms with Crippen molar-refractivity contribution in [3.63, 3.8) is 0 Å². The molecule has 2 rings (SSSR count). The lowest BCUT2D eigenvalue weighted by Crippen LogP contribution is -3.00. The minimum atomic E-state index is 0. The SMILES string of the molecule is CC(=O)C1CC=C([n+]2ccccc2)CC1.[Br-]. The summed E-state index contributed by atoms with van der Waals surface area (Å²) in [5.41, 5.74) is 1.31. The fraction of sp³-hybridized carbons (Fsp3) is 0.385. The fourth-order valence-electron chi connectivity index (χ4n) is 2.01. The maximum absolute atomic E-state index is 11.2. The predicted octanol–water partition coefficient (Wildman–Crippen LogP) is -0.792. The van der Waals surface area contributed by atoms with Gasteiger partial charge in [0.2, 0.25) is 0 Å². The van der Waals surface area contributed by atoms with Gasteiger partial charge in [-0.05, 0) is 25.8 Å². The molecule has 1 atom stereocenters. The number of hydrogen-bond acceptors (Lipinski definition) is 1. The first kappa shape index (κ1) is 13.1. The maximum Gasteiger partial charge on any atom is 0.183 e. The van der Waals surface area contributed by atoms with Crippen LogP contribution in [0.3, 0.4) is 0 Å². The van der Waals surface area contributed by atoms with E-state index in [1.54, 1.807) is 6.92 Å². The van der Waals surface area contributed by atoms with Crippen LogP contribution in [0, 0.1) is 5.92 Å². The summed E-state index contributed by atoms with van der Waals surface area (Å²) in [5.74, 6) is 0.571. The Morgan fingerprint density at radius 3 is 2.50 bits per heavy atom. The van der Waals surface area contributed by atoms with E-state index in [2.05, 4.69) is 23.0 Å². The Bertz CT molecular complexity index is 386. The lowest BCUT2D eigenvalue weighted by Gasteiger charge is -2.15. The van der Waals surface area contributed by atoms with Gasteiger partial charge in [0.1, 0.15) is 5.78 Å². The molecular weight excluding hydrogens is 266 g/mol. The zero-order valence-electron chi connectivity index (χ0n) is 9.40. The highest BCUT2D eigenvalue weighted by Gasteiger charge is 2.22. The molecule has 1 heterocycles. The molecule has 0 saturated carbocycles. The summed E-state index contributed by atoms with van der Waals surface area (Å²) in [5, 5.41) is 0. The second-order valence-electron chi connectivity index (χ2n) is 4.06. The molecule has 0 spiro atoms. The number of nitrogens with zero attached hydrogens (tertiary/aromatic N) is 1. The Morgan fingerprint density at radius 2 is 2.00 bits per heavy atom. The number of Topliss-reactive ketones (excluding diaryl/α,β-unsaturated/α-hetero) is 1. The van der Waals surface area contributed by atoms with E-state index < -0.39 is 0 Å². The smallest absolute Gasteiger partial charge is 0.183 e. The first-order chi connectivity index (χ1) is 7.27. The standard InChI is InChI=1S/C13H16NO.BrH/c1-11(15)12-5-7-13(8-6-12)14-9-3-2-4-10-14;/h2-4,7,9-10,12H,5-6,8H2,1H3;1H/q+1;/p-1. The third-order valence-corrected chi connectivity index (χ3v) is 3.01. The Labute approximate surface area is 107 Å². The number of rotatable bonds is 2. The number of pyridine rings is 1. The molecule has 16 heavy (non-hydrogen) atoms. The van der Waals surface area contributed by atoms with E-state index in [1.807, 2.05) is 18.2 Å². The monoisotopic (exact) mass is 281 g/mol. The zero-order chi connectivity index (χ0) is 10.7. The lowest BCUT2D eigenvalue weighted by atomic mass is 9.89. The van der Waals surface area contributed by atoms with Crippen LogP contribution >= 0.6 is 0 Å². The van der Waals surface area contributed by atoms with Crippen LogP contribution in [-0.2, 0) is 4.79 Å². The van der Waals surface area contributed by atoms with Crippen LogP contribution in [-0.4, -0.2) is 5.78 Å². The van der Waals surface area contributed by atoms with Crippen molar-refractivity contribution >= 4 is 11.5 Å². The van der Waals surface area contributed by atoms with Crippen molar-refractivity contribution in [2.75, 3.05) is 0 Å². The Balaban J connectivity index is 0.00000128. The molecule has 1 unspecified atom stereocenters. The van der Waals surface area contributed by atoms with Crippen molar-refractivity contribution in [3.8, 4) is 0 Å². The van der Waals surface area contributed by atoms with Gasteiger partial charge in [-0.3, -0.25) is 4.79 Å². The van der Waals surface area contributed by atoms with Gasteiger partial charge >= 0.3 is 0 Å². The maximum atomic E-state index is 11.2. The van der Waals surface area contributed by atoms with Crippen molar-refractivity contribution in [1.82, 2.24) is 0 Å². The van der Waals surface area contributed by atoms with Crippen LogP contribution in [0.2, 0.25) is 0 Å². The van der Waals surface area contributed by atoms with E-state index in [0.29, 0.717) is 5.78 Å². The van der Waals surface area contributed by atoms with Gasteiger partial charge in [0.25, 0.3) is 0 Å². The highest BCUT2D eigenvalue weighted by molar-refractivity contribution is 5.79. The molecule has 86 valence electrons. The minimum absolute atomic E-state index is 0. The normalized spacial score (nSPS) is 19.6. The summed E-state index contributed by atoms with van der Waals surface area (Å²) in [7, 11) is 0. The van der Waals surface area contributed by atoms with Gasteiger partial charge in [0.05, 0.1) is 0 Å². The zero-order valence-corrected chi connectivity index (χ0v) is 11.0. The van der Waals surface area contributed by atoms with Crippen LogP contribution in [0.4, 0.5) is 0 Å². The third kappa shape index (κ3) is 3.01. The number of ketones is 1. The lowest BCUT2D eigenvalue weighted by molar-refractivity contribution is -0.584. The second-order valence-corrected chi connectivity index (χ2v) is 4.06. The van der Waals surface area contributed by atoms with E-state index in [-0.39, 0.29) is 22.9 Å². The number of carbonyl (C=O) groups is 1. The number of hydrogen-bond donors (Lipinski definition) is 0. The molecule has 1 aliphatic carbocycles. The van der Waals surface area contributed by atoms with Crippen molar-refractivity contribution in [2.45, 2.75) is 26.2 Å². The molecule has 0 radical (unpaired) electrons. The molecule has 0 aromatic carbocycles. The summed E-state index contributed by atoms with van der Waals surface area (Å²) < 4.78 is 2.14. The van der Waals surface area contributed by atoms with Gasteiger partial charge < -0.3 is 17.0 Å². The Morgan fingerprint density at radius 1 is 1.31 bits per heavy atom. The average Bonchev–Trinajstić information content (AvgIpc) is 2.30. The van der Waals surface area contributed by atoms with Crippen LogP contribution in [0.15, 0.2) is 36.7 Å². The summed E-state index contributed by atoms with van der Waals surface area (Å²) in [6.45, 7) is 1.69. The van der Waals surface area contributed by atoms with Gasteiger partial charge in [-0.1, -0.05) is 6.07 Å². The highest BCUT2D eigenvalue weighted by atomic mass is 79.9. The molecule has 1 aromatic heterocycles. The molecule has 3 heteroatoms. The van der Waals surface area contributed by atoms with Gasteiger partial charge in [-0.15, -0.1) is 0 Å². The van der Waals surface area contributed by atoms with Crippen LogP contribution < -0.4 is 21.5 Å². The number of aromatic nitrogens is 1. The van der Waals surface area contributed by atoms with Crippen molar-refractivity contribution in [1.29, 1.82) is 0 Å². The highest BCUT2D eigenvalue weighted by Crippen LogP contribution is 2.23. The molecular formula is C13H16BrNO. The molecule has 0 fully saturated rings. The van der Waals surface area contributed by atoms with E-state index in [1.165, 1.54) is 5.70 Å². The van der Waals surface area contributed by atoms with E-state index >= 15 is 0 Å². The van der Waals surface area contributed by atoms with Crippen molar-refractivity contribution < 1.29 is 26.3 Å². The van der Waals surface area contributed by atoms with E-state index in [9.17, 15) is 4.79 Å². The van der Waals surface area contributed by atoms with Gasteiger partial charge in [-0.2, -0.15) is 4.57 Å². The molecule has 0 N–H and O–H groups in total. The topological polar surface area (TPSA) is 20.9 Å². The molecule has 1 aliphatic rings. The van der Waals surface area contributed by atoms with Gasteiger partial charge in [0.15, 0.2) is 18.1 Å². The molecule has 0 aliphatic heterocycles. The van der Waals surface area contributed by atoms with E-state index in [0.717, 1.165) is 19.3 Å². The first-order valence-electron chi connectivity index (χ1n) is 5.43. The largest absolute Gasteiger partial charge is 1.00 e. The summed E-state index contributed by atoms with van der Waals surface area (Å²) >= 11 is 0. The van der Waals surface area contributed by atoms with Gasteiger partial charge in [0, 0.05) is 24.5 Å². The van der Waals surface area contributed by atoms with Crippen molar-refractivity contribution in [2.24, 2.45) is 5.92 Å². The second kappa shape index (κ2) is 5.94. The molecule has 0 bridgehead atoms. The molecule has 1 aromatic rings. The van der Waals surface area contributed by atoms with Crippen molar-refractivity contribution in [3.05, 3.63) is 36.7 Å². The third-order valence-electron chi connectivity index (χ3n) is 3.01. The van der Waals surface area contributed by atoms with Gasteiger partial charge in [-0.25, -0.2) is 0 Å². The van der Waals surface area contributed by atoms with E-state index in [4.69, 9.17) is 0 Å². The van der Waals surface area contributed by atoms with Crippen LogP contribution in [0.1, 0.15) is 26.2 Å². The molecule has 2 nitrogen and oxygen atoms in total. The number of halogens is 1. The summed E-state index contributed by atoms with van der Waals surface area (Å²) in [4.78, 5) is 11.2. The number of allylic oxidation sites excluding steroid dienone is 2. The summed E-state index contributed by atoms with van der Waals surface area (Å²) in [6.07, 6.45) is 9.18. The minimum Gasteiger partial charge on any atom is -1.00 e. The molecule has 0 saturated heterocycles. The van der Waals surface area contributed by atoms with Crippen LogP contribution in [0.5, 0.6) is 0 Å².